The fraction of sp³-hybridized carbons (Fsp3) is 0.391. The molecule has 2 aromatic rings. The molecule has 32 heavy (non-hydrogen) atoms. The number of thioether (sulfide) groups is 1. The summed E-state index contributed by atoms with van der Waals surface area (Å²) in [6.07, 6.45) is -3.09. The van der Waals surface area contributed by atoms with Gasteiger partial charge in [-0.15, -0.1) is 11.8 Å². The third-order valence-electron chi connectivity index (χ3n) is 5.90. The lowest BCUT2D eigenvalue weighted by molar-refractivity contribution is -0.137. The highest BCUT2D eigenvalue weighted by Gasteiger charge is 2.37. The monoisotopic (exact) mass is 466 g/mol. The molecule has 2 aliphatic heterocycles. The van der Waals surface area contributed by atoms with E-state index in [0.29, 0.717) is 43.6 Å². The van der Waals surface area contributed by atoms with Crippen LogP contribution in [0.1, 0.15) is 39.7 Å². The van der Waals surface area contributed by atoms with Crippen molar-refractivity contribution in [2.24, 2.45) is 5.92 Å². The number of likely N-dealkylation sites (tertiary alicyclic amines) is 1. The van der Waals surface area contributed by atoms with E-state index in [-0.39, 0.29) is 23.5 Å². The van der Waals surface area contributed by atoms with Crippen LogP contribution < -0.4 is 0 Å². The van der Waals surface area contributed by atoms with Crippen molar-refractivity contribution in [2.45, 2.75) is 24.4 Å². The smallest absolute Gasteiger partial charge is 0.339 e. The number of hydrogen-bond acceptors (Lipinski definition) is 3. The van der Waals surface area contributed by atoms with Crippen LogP contribution in [0.2, 0.25) is 0 Å². The van der Waals surface area contributed by atoms with Crippen LogP contribution in [0.3, 0.4) is 0 Å². The molecule has 2 amide bonds. The summed E-state index contributed by atoms with van der Waals surface area (Å²) in [4.78, 5) is 28.4. The minimum Gasteiger partial charge on any atom is -0.339 e. The molecule has 9 heteroatoms. The number of hydrogen-bond donors (Lipinski definition) is 0. The lowest BCUT2D eigenvalue weighted by Gasteiger charge is -2.35. The predicted molar refractivity (Wildman–Crippen MR) is 113 cm³/mol. The minimum atomic E-state index is -4.44. The number of rotatable bonds is 4. The Labute approximate surface area is 187 Å². The zero-order valence-corrected chi connectivity index (χ0v) is 18.0. The average Bonchev–Trinajstić information content (AvgIpc) is 3.13. The summed E-state index contributed by atoms with van der Waals surface area (Å²) in [6, 6.07) is 10.7. The van der Waals surface area contributed by atoms with Gasteiger partial charge in [-0.05, 0) is 54.7 Å². The van der Waals surface area contributed by atoms with Gasteiger partial charge in [-0.25, -0.2) is 4.39 Å². The summed E-state index contributed by atoms with van der Waals surface area (Å²) in [6.45, 7) is 1.42. The minimum absolute atomic E-state index is 0.0873. The Kier molecular flexibility index (Phi) is 6.46. The van der Waals surface area contributed by atoms with E-state index in [2.05, 4.69) is 0 Å². The van der Waals surface area contributed by atoms with E-state index < -0.39 is 22.9 Å². The summed E-state index contributed by atoms with van der Waals surface area (Å²) in [5.41, 5.74) is 0.0487. The molecule has 4 nitrogen and oxygen atoms in total. The van der Waals surface area contributed by atoms with Crippen molar-refractivity contribution in [3.05, 3.63) is 71.0 Å². The van der Waals surface area contributed by atoms with Gasteiger partial charge >= 0.3 is 6.18 Å². The Morgan fingerprint density at radius 1 is 1.06 bits per heavy atom. The standard InChI is InChI=1S/C23H22F4N2O2S/c24-19-6-2-3-16(12-19)21(31)28-9-7-15(8-10-28)13-29-20(30)14-32-22(29)17-4-1-5-18(11-17)23(25,26)27/h1-6,11-12,15,22H,7-10,13-14H2. The molecule has 0 radical (unpaired) electrons. The first kappa shape index (κ1) is 22.6. The highest BCUT2D eigenvalue weighted by Crippen LogP contribution is 2.41. The van der Waals surface area contributed by atoms with Crippen LogP contribution in [-0.4, -0.2) is 47.0 Å². The zero-order valence-electron chi connectivity index (χ0n) is 17.1. The Hall–Kier alpha value is -2.55. The van der Waals surface area contributed by atoms with Crippen LogP contribution in [0.15, 0.2) is 48.5 Å². The lowest BCUT2D eigenvalue weighted by atomic mass is 9.95. The van der Waals surface area contributed by atoms with Crippen molar-refractivity contribution in [3.8, 4) is 0 Å². The third-order valence-corrected chi connectivity index (χ3v) is 7.15. The second-order valence-electron chi connectivity index (χ2n) is 8.08. The van der Waals surface area contributed by atoms with Gasteiger partial charge in [0.1, 0.15) is 11.2 Å². The second kappa shape index (κ2) is 9.13. The molecule has 2 aromatic carbocycles. The molecule has 170 valence electrons. The van der Waals surface area contributed by atoms with E-state index >= 15 is 0 Å². The maximum atomic E-state index is 13.4. The normalized spacial score (nSPS) is 20.1. The molecule has 1 atom stereocenters. The van der Waals surface area contributed by atoms with Crippen molar-refractivity contribution < 1.29 is 27.2 Å². The van der Waals surface area contributed by atoms with E-state index in [1.54, 1.807) is 21.9 Å². The summed E-state index contributed by atoms with van der Waals surface area (Å²) < 4.78 is 52.7. The van der Waals surface area contributed by atoms with E-state index in [9.17, 15) is 27.2 Å². The van der Waals surface area contributed by atoms with Gasteiger partial charge in [0.05, 0.1) is 11.3 Å². The largest absolute Gasteiger partial charge is 0.416 e. The lowest BCUT2D eigenvalue weighted by Crippen LogP contribution is -2.42. The molecule has 2 fully saturated rings. The number of amides is 2. The molecular weight excluding hydrogens is 444 g/mol. The summed E-state index contributed by atoms with van der Waals surface area (Å²) in [7, 11) is 0. The third kappa shape index (κ3) is 4.92. The highest BCUT2D eigenvalue weighted by molar-refractivity contribution is 8.00. The maximum absolute atomic E-state index is 13.4. The number of carbonyl (C=O) groups excluding carboxylic acids is 2. The molecule has 2 aliphatic rings. The number of benzene rings is 2. The summed E-state index contributed by atoms with van der Waals surface area (Å²) in [5.74, 6) is -0.398. The topological polar surface area (TPSA) is 40.6 Å². The molecule has 0 aromatic heterocycles. The molecular formula is C23H22F4N2O2S. The Morgan fingerprint density at radius 2 is 1.78 bits per heavy atom. The van der Waals surface area contributed by atoms with Crippen LogP contribution in [0, 0.1) is 11.7 Å². The molecule has 2 saturated heterocycles. The highest BCUT2D eigenvalue weighted by atomic mass is 32.2. The predicted octanol–water partition coefficient (Wildman–Crippen LogP) is 4.97. The van der Waals surface area contributed by atoms with Gasteiger partial charge in [-0.2, -0.15) is 13.2 Å². The van der Waals surface area contributed by atoms with Gasteiger partial charge in [0.15, 0.2) is 0 Å². The molecule has 0 N–H and O–H groups in total. The molecule has 4 rings (SSSR count). The molecule has 0 aliphatic carbocycles. The quantitative estimate of drug-likeness (QED) is 0.598. The number of nitrogens with zero attached hydrogens (tertiary/aromatic N) is 2. The maximum Gasteiger partial charge on any atom is 0.416 e. The molecule has 0 spiro atoms. The van der Waals surface area contributed by atoms with Crippen LogP contribution in [0.5, 0.6) is 0 Å². The Bertz CT molecular complexity index is 1010. The van der Waals surface area contributed by atoms with E-state index in [4.69, 9.17) is 0 Å². The van der Waals surface area contributed by atoms with Crippen molar-refractivity contribution in [1.29, 1.82) is 0 Å². The Morgan fingerprint density at radius 3 is 2.47 bits per heavy atom. The van der Waals surface area contributed by atoms with Gasteiger partial charge in [-0.1, -0.05) is 18.2 Å². The number of alkyl halides is 3. The van der Waals surface area contributed by atoms with Crippen molar-refractivity contribution >= 4 is 23.6 Å². The molecule has 1 unspecified atom stereocenters. The Balaban J connectivity index is 1.40. The molecule has 0 saturated carbocycles. The van der Waals surface area contributed by atoms with Gasteiger partial charge in [0.25, 0.3) is 5.91 Å². The van der Waals surface area contributed by atoms with E-state index in [0.717, 1.165) is 12.1 Å². The van der Waals surface area contributed by atoms with Crippen LogP contribution in [0.25, 0.3) is 0 Å². The van der Waals surface area contributed by atoms with Gasteiger partial charge in [-0.3, -0.25) is 9.59 Å². The first-order chi connectivity index (χ1) is 15.2. The molecule has 0 bridgehead atoms. The van der Waals surface area contributed by atoms with Gasteiger partial charge in [0.2, 0.25) is 5.91 Å². The first-order valence-electron chi connectivity index (χ1n) is 10.4. The van der Waals surface area contributed by atoms with Crippen molar-refractivity contribution in [1.82, 2.24) is 9.80 Å². The first-order valence-corrected chi connectivity index (χ1v) is 11.4. The van der Waals surface area contributed by atoms with Crippen molar-refractivity contribution in [2.75, 3.05) is 25.4 Å². The summed E-state index contributed by atoms with van der Waals surface area (Å²) >= 11 is 1.33. The van der Waals surface area contributed by atoms with Gasteiger partial charge in [0, 0.05) is 25.2 Å². The SMILES string of the molecule is O=C(c1cccc(F)c1)N1CCC(CN2C(=O)CSC2c2cccc(C(F)(F)F)c2)CC1. The van der Waals surface area contributed by atoms with E-state index in [1.165, 1.54) is 36.0 Å². The average molecular weight is 467 g/mol. The van der Waals surface area contributed by atoms with Crippen LogP contribution in [-0.2, 0) is 11.0 Å². The zero-order chi connectivity index (χ0) is 22.9. The summed E-state index contributed by atoms with van der Waals surface area (Å²) in [5, 5.41) is -0.447. The van der Waals surface area contributed by atoms with E-state index in [1.807, 2.05) is 0 Å². The fourth-order valence-electron chi connectivity index (χ4n) is 4.20. The molecule has 2 heterocycles. The number of halogens is 4. The number of carbonyl (C=O) groups is 2. The van der Waals surface area contributed by atoms with Crippen molar-refractivity contribution in [3.63, 3.8) is 0 Å². The second-order valence-corrected chi connectivity index (χ2v) is 9.15. The number of piperidine rings is 1. The van der Waals surface area contributed by atoms with Crippen LogP contribution in [0.4, 0.5) is 17.6 Å². The fourth-order valence-corrected chi connectivity index (χ4v) is 5.39. The van der Waals surface area contributed by atoms with Gasteiger partial charge < -0.3 is 9.80 Å². The van der Waals surface area contributed by atoms with Crippen LogP contribution >= 0.6 is 11.8 Å².